The molecule has 3 rings (SSSR count). The van der Waals surface area contributed by atoms with Crippen LogP contribution in [0.4, 0.5) is 13.2 Å². The predicted molar refractivity (Wildman–Crippen MR) is 87.7 cm³/mol. The van der Waals surface area contributed by atoms with Gasteiger partial charge in [-0.2, -0.15) is 13.2 Å². The Balaban J connectivity index is 2.21. The molecule has 0 aliphatic rings. The van der Waals surface area contributed by atoms with Gasteiger partial charge in [-0.05, 0) is 19.1 Å². The van der Waals surface area contributed by atoms with E-state index in [9.17, 15) is 13.2 Å². The Kier molecular flexibility index (Phi) is 3.78. The lowest BCUT2D eigenvalue weighted by Gasteiger charge is -2.11. The summed E-state index contributed by atoms with van der Waals surface area (Å²) in [5.74, 6) is 1.09. The Labute approximate surface area is 144 Å². The van der Waals surface area contributed by atoms with Crippen molar-refractivity contribution in [3.8, 4) is 11.6 Å². The third-order valence-corrected chi connectivity index (χ3v) is 3.97. The average Bonchev–Trinajstić information content (AvgIpc) is 2.98. The van der Waals surface area contributed by atoms with Gasteiger partial charge in [-0.3, -0.25) is 0 Å². The third kappa shape index (κ3) is 2.94. The molecule has 2 aromatic heterocycles. The number of hydrogen-bond donors (Lipinski definition) is 1. The zero-order valence-corrected chi connectivity index (χ0v) is 15.1. The Morgan fingerprint density at radius 3 is 2.33 bits per heavy atom. The van der Waals surface area contributed by atoms with Crippen molar-refractivity contribution >= 4 is 27.0 Å². The quantitative estimate of drug-likeness (QED) is 0.576. The molecular weight excluding hydrogens is 387 g/mol. The highest BCUT2D eigenvalue weighted by Crippen LogP contribution is 2.38. The molecule has 1 N–H and O–H groups in total. The topological polar surface area (TPSA) is 54.7 Å². The fourth-order valence-corrected chi connectivity index (χ4v) is 2.79. The van der Waals surface area contributed by atoms with Gasteiger partial charge in [-0.1, -0.05) is 36.7 Å². The molecule has 4 nitrogen and oxygen atoms in total. The van der Waals surface area contributed by atoms with Gasteiger partial charge in [0.1, 0.15) is 0 Å². The van der Waals surface area contributed by atoms with Crippen LogP contribution < -0.4 is 0 Å². The SMILES string of the molecule is Cc1nc(C(C)(C)C)oc1-c1nc2cc(Br)cc(C(F)(F)F)c2[nH]1. The Morgan fingerprint density at radius 2 is 1.79 bits per heavy atom. The third-order valence-electron chi connectivity index (χ3n) is 3.52. The molecule has 0 spiro atoms. The largest absolute Gasteiger partial charge is 0.437 e. The average molecular weight is 402 g/mol. The molecule has 2 heterocycles. The fourth-order valence-electron chi connectivity index (χ4n) is 2.35. The maximum absolute atomic E-state index is 13.2. The molecule has 0 amide bonds. The molecule has 0 aliphatic carbocycles. The van der Waals surface area contributed by atoms with E-state index in [1.165, 1.54) is 6.07 Å². The Bertz CT molecular complexity index is 919. The summed E-state index contributed by atoms with van der Waals surface area (Å²) in [7, 11) is 0. The highest BCUT2D eigenvalue weighted by molar-refractivity contribution is 9.10. The molecule has 24 heavy (non-hydrogen) atoms. The second kappa shape index (κ2) is 5.34. The van der Waals surface area contributed by atoms with Crippen LogP contribution in [0.2, 0.25) is 0 Å². The summed E-state index contributed by atoms with van der Waals surface area (Å²) in [6, 6.07) is 2.55. The molecule has 128 valence electrons. The van der Waals surface area contributed by atoms with E-state index in [4.69, 9.17) is 4.42 Å². The first-order valence-corrected chi connectivity index (χ1v) is 8.01. The number of aromatic nitrogens is 3. The molecule has 0 unspecified atom stereocenters. The standard InChI is InChI=1S/C16H15BrF3N3O/c1-7-12(24-14(21-7)15(2,3)4)13-22-10-6-8(17)5-9(11(10)23-13)16(18,19)20/h5-6H,1-4H3,(H,22,23). The first-order valence-electron chi connectivity index (χ1n) is 7.21. The van der Waals surface area contributed by atoms with Gasteiger partial charge in [-0.25, -0.2) is 9.97 Å². The summed E-state index contributed by atoms with van der Waals surface area (Å²) in [6.45, 7) is 7.57. The van der Waals surface area contributed by atoms with Crippen LogP contribution >= 0.6 is 15.9 Å². The molecular formula is C16H15BrF3N3O. The number of nitrogens with one attached hydrogen (secondary N) is 1. The molecule has 0 atom stereocenters. The summed E-state index contributed by atoms with van der Waals surface area (Å²) in [6.07, 6.45) is -4.49. The minimum atomic E-state index is -4.49. The van der Waals surface area contributed by atoms with Gasteiger partial charge in [0.15, 0.2) is 11.6 Å². The molecule has 0 radical (unpaired) electrons. The van der Waals surface area contributed by atoms with Crippen LogP contribution in [0.3, 0.4) is 0 Å². The van der Waals surface area contributed by atoms with Crippen molar-refractivity contribution in [1.29, 1.82) is 0 Å². The number of oxazole rings is 1. The van der Waals surface area contributed by atoms with Crippen molar-refractivity contribution in [2.75, 3.05) is 0 Å². The van der Waals surface area contributed by atoms with Crippen molar-refractivity contribution in [3.63, 3.8) is 0 Å². The molecule has 8 heteroatoms. The van der Waals surface area contributed by atoms with Crippen molar-refractivity contribution in [2.45, 2.75) is 39.3 Å². The van der Waals surface area contributed by atoms with E-state index in [1.54, 1.807) is 6.92 Å². The zero-order chi connectivity index (χ0) is 17.9. The molecule has 0 saturated carbocycles. The van der Waals surface area contributed by atoms with Crippen LogP contribution in [-0.4, -0.2) is 15.0 Å². The summed E-state index contributed by atoms with van der Waals surface area (Å²) in [5, 5.41) is 0. The van der Waals surface area contributed by atoms with E-state index in [0.29, 0.717) is 21.8 Å². The van der Waals surface area contributed by atoms with Crippen LogP contribution in [0.1, 0.15) is 37.9 Å². The predicted octanol–water partition coefficient (Wildman–Crippen LogP) is 5.61. The molecule has 1 aromatic carbocycles. The van der Waals surface area contributed by atoms with Crippen LogP contribution in [0.25, 0.3) is 22.6 Å². The van der Waals surface area contributed by atoms with E-state index in [0.717, 1.165) is 6.07 Å². The van der Waals surface area contributed by atoms with Gasteiger partial charge < -0.3 is 9.40 Å². The molecule has 3 aromatic rings. The minimum Gasteiger partial charge on any atom is -0.437 e. The van der Waals surface area contributed by atoms with Crippen molar-refractivity contribution in [1.82, 2.24) is 15.0 Å². The summed E-state index contributed by atoms with van der Waals surface area (Å²) < 4.78 is 45.8. The summed E-state index contributed by atoms with van der Waals surface area (Å²) in [4.78, 5) is 11.3. The summed E-state index contributed by atoms with van der Waals surface area (Å²) >= 11 is 3.10. The minimum absolute atomic E-state index is 0.0752. The summed E-state index contributed by atoms with van der Waals surface area (Å²) in [5.41, 5.74) is -0.381. The van der Waals surface area contributed by atoms with Gasteiger partial charge >= 0.3 is 6.18 Å². The van der Waals surface area contributed by atoms with Crippen molar-refractivity contribution < 1.29 is 17.6 Å². The molecule has 0 aliphatic heterocycles. The van der Waals surface area contributed by atoms with Gasteiger partial charge in [0.2, 0.25) is 5.89 Å². The Morgan fingerprint density at radius 1 is 1.12 bits per heavy atom. The van der Waals surface area contributed by atoms with E-state index in [1.807, 2.05) is 20.8 Å². The second-order valence-corrected chi connectivity index (χ2v) is 7.53. The van der Waals surface area contributed by atoms with E-state index >= 15 is 0 Å². The Hall–Kier alpha value is -1.83. The number of benzene rings is 1. The number of H-pyrrole nitrogens is 1. The highest BCUT2D eigenvalue weighted by Gasteiger charge is 2.34. The van der Waals surface area contributed by atoms with Gasteiger partial charge in [0, 0.05) is 9.89 Å². The maximum Gasteiger partial charge on any atom is 0.418 e. The first-order chi connectivity index (χ1) is 11.0. The first kappa shape index (κ1) is 17.0. The van der Waals surface area contributed by atoms with Crippen LogP contribution in [-0.2, 0) is 11.6 Å². The number of nitrogens with zero attached hydrogens (tertiary/aromatic N) is 2. The molecule has 0 bridgehead atoms. The number of fused-ring (bicyclic) bond motifs is 1. The smallest absolute Gasteiger partial charge is 0.418 e. The number of imidazole rings is 1. The van der Waals surface area contributed by atoms with E-state index < -0.39 is 11.7 Å². The maximum atomic E-state index is 13.2. The van der Waals surface area contributed by atoms with Crippen molar-refractivity contribution in [3.05, 3.63) is 33.8 Å². The van der Waals surface area contributed by atoms with Crippen LogP contribution in [0.5, 0.6) is 0 Å². The fraction of sp³-hybridized carbons (Fsp3) is 0.375. The number of hydrogen-bond acceptors (Lipinski definition) is 3. The number of halogens is 4. The normalized spacial score (nSPS) is 13.0. The van der Waals surface area contributed by atoms with Gasteiger partial charge in [0.05, 0.1) is 22.3 Å². The monoisotopic (exact) mass is 401 g/mol. The molecule has 0 saturated heterocycles. The van der Waals surface area contributed by atoms with Crippen molar-refractivity contribution in [2.24, 2.45) is 0 Å². The number of alkyl halides is 3. The number of aromatic amines is 1. The zero-order valence-electron chi connectivity index (χ0n) is 13.5. The highest BCUT2D eigenvalue weighted by atomic mass is 79.9. The lowest BCUT2D eigenvalue weighted by Crippen LogP contribution is -2.11. The van der Waals surface area contributed by atoms with Gasteiger partial charge in [-0.15, -0.1) is 0 Å². The number of aryl methyl sites for hydroxylation is 1. The van der Waals surface area contributed by atoms with Crippen LogP contribution in [0, 0.1) is 6.92 Å². The van der Waals surface area contributed by atoms with E-state index in [2.05, 4.69) is 30.9 Å². The molecule has 0 fully saturated rings. The number of rotatable bonds is 1. The second-order valence-electron chi connectivity index (χ2n) is 6.61. The lowest BCUT2D eigenvalue weighted by molar-refractivity contribution is -0.136. The van der Waals surface area contributed by atoms with Crippen LogP contribution in [0.15, 0.2) is 21.0 Å². The van der Waals surface area contributed by atoms with Gasteiger partial charge in [0.25, 0.3) is 0 Å². The lowest BCUT2D eigenvalue weighted by atomic mass is 9.97. The van der Waals surface area contributed by atoms with E-state index in [-0.39, 0.29) is 22.3 Å².